The molecule has 5 heteroatoms. The molecule has 0 bridgehead atoms. The maximum atomic E-state index is 6.01. The summed E-state index contributed by atoms with van der Waals surface area (Å²) in [7, 11) is 0. The van der Waals surface area contributed by atoms with Crippen LogP contribution in [-0.2, 0) is 4.74 Å². The Labute approximate surface area is 121 Å². The molecule has 19 heavy (non-hydrogen) atoms. The van der Waals surface area contributed by atoms with Crippen LogP contribution >= 0.6 is 15.9 Å². The van der Waals surface area contributed by atoms with Gasteiger partial charge in [-0.05, 0) is 31.5 Å². The molecule has 0 amide bonds. The number of fused-ring (bicyclic) bond motifs is 1. The summed E-state index contributed by atoms with van der Waals surface area (Å²) in [4.78, 5) is 4.33. The van der Waals surface area contributed by atoms with E-state index in [0.717, 1.165) is 47.2 Å². The van der Waals surface area contributed by atoms with Crippen molar-refractivity contribution in [1.82, 2.24) is 4.98 Å². The Bertz CT molecular complexity index is 554. The van der Waals surface area contributed by atoms with Gasteiger partial charge in [0.1, 0.15) is 0 Å². The van der Waals surface area contributed by atoms with Crippen molar-refractivity contribution >= 4 is 38.2 Å². The Hall–Kier alpha value is -1.33. The highest BCUT2D eigenvalue weighted by Gasteiger charge is 2.06. The number of nitrogens with one attached hydrogen (secondary N) is 1. The minimum atomic E-state index is 0.669. The second-order valence-corrected chi connectivity index (χ2v) is 5.14. The van der Waals surface area contributed by atoms with E-state index in [9.17, 15) is 0 Å². The van der Waals surface area contributed by atoms with Gasteiger partial charge in [-0.2, -0.15) is 0 Å². The van der Waals surface area contributed by atoms with Crippen molar-refractivity contribution in [3.05, 3.63) is 28.9 Å². The van der Waals surface area contributed by atoms with Crippen LogP contribution in [0.1, 0.15) is 13.3 Å². The van der Waals surface area contributed by atoms with Crippen molar-refractivity contribution in [3.8, 4) is 0 Å². The van der Waals surface area contributed by atoms with Gasteiger partial charge < -0.3 is 15.8 Å². The average molecular weight is 324 g/mol. The van der Waals surface area contributed by atoms with Crippen LogP contribution < -0.4 is 11.1 Å². The first-order chi connectivity index (χ1) is 9.22. The zero-order valence-corrected chi connectivity index (χ0v) is 12.5. The van der Waals surface area contributed by atoms with Crippen LogP contribution in [0.25, 0.3) is 10.9 Å². The topological polar surface area (TPSA) is 60.2 Å². The standard InChI is InChI=1S/C14H18BrN3O/c1-2-19-7-3-6-17-14-11-8-10(15)4-5-13(11)18-9-12(14)16/h4-5,8-9H,2-3,6-7,16H2,1H3,(H,17,18). The molecule has 2 aromatic rings. The molecule has 0 aliphatic rings. The van der Waals surface area contributed by atoms with Crippen LogP contribution in [-0.4, -0.2) is 24.7 Å². The molecular weight excluding hydrogens is 306 g/mol. The van der Waals surface area contributed by atoms with Crippen LogP contribution in [0.3, 0.4) is 0 Å². The minimum Gasteiger partial charge on any atom is -0.396 e. The summed E-state index contributed by atoms with van der Waals surface area (Å²) in [5.74, 6) is 0. The van der Waals surface area contributed by atoms with Gasteiger partial charge >= 0.3 is 0 Å². The summed E-state index contributed by atoms with van der Waals surface area (Å²) in [6.07, 6.45) is 2.65. The summed E-state index contributed by atoms with van der Waals surface area (Å²) in [5, 5.41) is 4.41. The van der Waals surface area contributed by atoms with Gasteiger partial charge in [0.05, 0.1) is 23.1 Å². The van der Waals surface area contributed by atoms with E-state index < -0.39 is 0 Å². The highest BCUT2D eigenvalue weighted by Crippen LogP contribution is 2.29. The lowest BCUT2D eigenvalue weighted by Crippen LogP contribution is -2.08. The lowest BCUT2D eigenvalue weighted by Gasteiger charge is -2.12. The SMILES string of the molecule is CCOCCCNc1c(N)cnc2ccc(Br)cc12. The van der Waals surface area contributed by atoms with Crippen molar-refractivity contribution in [2.24, 2.45) is 0 Å². The Balaban J connectivity index is 2.16. The van der Waals surface area contributed by atoms with Gasteiger partial charge in [0.25, 0.3) is 0 Å². The van der Waals surface area contributed by atoms with E-state index in [1.807, 2.05) is 25.1 Å². The molecule has 0 radical (unpaired) electrons. The molecule has 0 aliphatic carbocycles. The maximum Gasteiger partial charge on any atom is 0.0743 e. The number of pyridine rings is 1. The number of hydrogen-bond acceptors (Lipinski definition) is 4. The lowest BCUT2D eigenvalue weighted by molar-refractivity contribution is 0.147. The van der Waals surface area contributed by atoms with Gasteiger partial charge in [-0.15, -0.1) is 0 Å². The number of benzene rings is 1. The van der Waals surface area contributed by atoms with E-state index in [1.54, 1.807) is 6.20 Å². The third-order valence-electron chi connectivity index (χ3n) is 2.83. The van der Waals surface area contributed by atoms with Crippen LogP contribution in [0.4, 0.5) is 11.4 Å². The van der Waals surface area contributed by atoms with Crippen molar-refractivity contribution in [2.75, 3.05) is 30.8 Å². The summed E-state index contributed by atoms with van der Waals surface area (Å²) >= 11 is 3.48. The first-order valence-corrected chi connectivity index (χ1v) is 7.17. The van der Waals surface area contributed by atoms with Crippen molar-refractivity contribution < 1.29 is 4.74 Å². The molecule has 0 spiro atoms. The molecule has 2 rings (SSSR count). The third kappa shape index (κ3) is 3.58. The van der Waals surface area contributed by atoms with Gasteiger partial charge in [-0.1, -0.05) is 15.9 Å². The molecule has 0 atom stereocenters. The molecular formula is C14H18BrN3O. The molecule has 4 nitrogen and oxygen atoms in total. The number of nitrogen functional groups attached to an aromatic ring is 1. The molecule has 1 aromatic heterocycles. The van der Waals surface area contributed by atoms with Crippen LogP contribution in [0.15, 0.2) is 28.9 Å². The number of ether oxygens (including phenoxy) is 1. The fourth-order valence-electron chi connectivity index (χ4n) is 1.91. The largest absolute Gasteiger partial charge is 0.396 e. The molecule has 3 N–H and O–H groups in total. The highest BCUT2D eigenvalue weighted by molar-refractivity contribution is 9.10. The first-order valence-electron chi connectivity index (χ1n) is 6.37. The zero-order chi connectivity index (χ0) is 13.7. The number of anilines is 2. The van der Waals surface area contributed by atoms with Gasteiger partial charge in [0.2, 0.25) is 0 Å². The Morgan fingerprint density at radius 1 is 1.42 bits per heavy atom. The molecule has 0 saturated carbocycles. The first kappa shape index (κ1) is 14.1. The number of aromatic nitrogens is 1. The van der Waals surface area contributed by atoms with E-state index in [-0.39, 0.29) is 0 Å². The molecule has 0 saturated heterocycles. The predicted octanol–water partition coefficient (Wildman–Crippen LogP) is 3.42. The van der Waals surface area contributed by atoms with E-state index in [2.05, 4.69) is 26.2 Å². The lowest BCUT2D eigenvalue weighted by atomic mass is 10.1. The third-order valence-corrected chi connectivity index (χ3v) is 3.32. The highest BCUT2D eigenvalue weighted by atomic mass is 79.9. The Morgan fingerprint density at radius 3 is 3.05 bits per heavy atom. The van der Waals surface area contributed by atoms with Gasteiger partial charge in [-0.25, -0.2) is 0 Å². The summed E-state index contributed by atoms with van der Waals surface area (Å²) in [5.41, 5.74) is 8.56. The average Bonchev–Trinajstić information content (AvgIpc) is 2.40. The Kier molecular flexibility index (Phi) is 4.99. The van der Waals surface area contributed by atoms with Gasteiger partial charge in [0, 0.05) is 29.6 Å². The van der Waals surface area contributed by atoms with Crippen molar-refractivity contribution in [3.63, 3.8) is 0 Å². The van der Waals surface area contributed by atoms with E-state index in [4.69, 9.17) is 10.5 Å². The molecule has 0 fully saturated rings. The smallest absolute Gasteiger partial charge is 0.0743 e. The van der Waals surface area contributed by atoms with Gasteiger partial charge in [-0.3, -0.25) is 4.98 Å². The van der Waals surface area contributed by atoms with Crippen LogP contribution in [0.5, 0.6) is 0 Å². The second kappa shape index (κ2) is 6.73. The maximum absolute atomic E-state index is 6.01. The van der Waals surface area contributed by atoms with E-state index in [0.29, 0.717) is 5.69 Å². The molecule has 0 aliphatic heterocycles. The van der Waals surface area contributed by atoms with Crippen molar-refractivity contribution in [2.45, 2.75) is 13.3 Å². The summed E-state index contributed by atoms with van der Waals surface area (Å²) < 4.78 is 6.34. The molecule has 0 unspecified atom stereocenters. The quantitative estimate of drug-likeness (QED) is 0.800. The minimum absolute atomic E-state index is 0.669. The van der Waals surface area contributed by atoms with Crippen molar-refractivity contribution in [1.29, 1.82) is 0 Å². The fraction of sp³-hybridized carbons (Fsp3) is 0.357. The number of rotatable bonds is 6. The van der Waals surface area contributed by atoms with Gasteiger partial charge in [0.15, 0.2) is 0 Å². The summed E-state index contributed by atoms with van der Waals surface area (Å²) in [6.45, 7) is 4.35. The number of nitrogens with two attached hydrogens (primary N) is 1. The monoisotopic (exact) mass is 323 g/mol. The number of halogens is 1. The normalized spacial score (nSPS) is 10.8. The number of hydrogen-bond donors (Lipinski definition) is 2. The van der Waals surface area contributed by atoms with E-state index in [1.165, 1.54) is 0 Å². The Morgan fingerprint density at radius 2 is 2.26 bits per heavy atom. The molecule has 102 valence electrons. The second-order valence-electron chi connectivity index (χ2n) is 4.23. The van der Waals surface area contributed by atoms with Crippen LogP contribution in [0.2, 0.25) is 0 Å². The summed E-state index contributed by atoms with van der Waals surface area (Å²) in [6, 6.07) is 5.98. The molecule has 1 aromatic carbocycles. The fourth-order valence-corrected chi connectivity index (χ4v) is 2.27. The zero-order valence-electron chi connectivity index (χ0n) is 10.9. The predicted molar refractivity (Wildman–Crippen MR) is 83.5 cm³/mol. The van der Waals surface area contributed by atoms with E-state index >= 15 is 0 Å². The number of nitrogens with zero attached hydrogens (tertiary/aromatic N) is 1. The van der Waals surface area contributed by atoms with Crippen LogP contribution in [0, 0.1) is 0 Å². The molecule has 1 heterocycles.